The van der Waals surface area contributed by atoms with Crippen LogP contribution in [0.1, 0.15) is 28.3 Å². The number of nitrogens with one attached hydrogen (secondary N) is 1. The second-order valence-corrected chi connectivity index (χ2v) is 7.72. The molecular weight excluding hydrogens is 382 g/mol. The Hall–Kier alpha value is -2.50. The molecule has 1 amide bonds. The Kier molecular flexibility index (Phi) is 5.05. The Morgan fingerprint density at radius 3 is 2.89 bits per heavy atom. The van der Waals surface area contributed by atoms with E-state index in [1.165, 1.54) is 4.88 Å². The quantitative estimate of drug-likeness (QED) is 0.619. The molecule has 0 fully saturated rings. The molecule has 1 aliphatic rings. The van der Waals surface area contributed by atoms with Crippen LogP contribution in [0.25, 0.3) is 0 Å². The van der Waals surface area contributed by atoms with Crippen molar-refractivity contribution >= 4 is 34.5 Å². The summed E-state index contributed by atoms with van der Waals surface area (Å²) in [6.45, 7) is 0.400. The number of anilines is 1. The van der Waals surface area contributed by atoms with Crippen LogP contribution >= 0.6 is 22.9 Å². The number of carbonyl (C=O) groups is 1. The molecule has 1 unspecified atom stereocenters. The Morgan fingerprint density at radius 2 is 2.07 bits per heavy atom. The molecule has 4 nitrogen and oxygen atoms in total. The van der Waals surface area contributed by atoms with Gasteiger partial charge in [0.25, 0.3) is 0 Å². The third kappa shape index (κ3) is 3.80. The van der Waals surface area contributed by atoms with Gasteiger partial charge < -0.3 is 14.8 Å². The number of thiophene rings is 1. The van der Waals surface area contributed by atoms with Crippen molar-refractivity contribution in [1.82, 2.24) is 0 Å². The first-order valence-corrected chi connectivity index (χ1v) is 9.82. The smallest absolute Gasteiger partial charge is 0.225 e. The molecule has 1 aliphatic heterocycles. The average Bonchev–Trinajstić information content (AvgIpc) is 3.14. The van der Waals surface area contributed by atoms with E-state index < -0.39 is 0 Å². The van der Waals surface area contributed by atoms with Crippen LogP contribution in [0.15, 0.2) is 53.9 Å². The van der Waals surface area contributed by atoms with E-state index in [4.69, 9.17) is 21.1 Å². The number of hydrogen-bond donors (Lipinski definition) is 1. The maximum Gasteiger partial charge on any atom is 0.225 e. The van der Waals surface area contributed by atoms with Crippen molar-refractivity contribution in [1.29, 1.82) is 0 Å². The highest BCUT2D eigenvalue weighted by Gasteiger charge is 2.28. The number of fused-ring (bicyclic) bond motifs is 1. The number of carbonyl (C=O) groups excluding carboxylic acids is 1. The van der Waals surface area contributed by atoms with Gasteiger partial charge in [0.15, 0.2) is 11.5 Å². The SMILES string of the molecule is COc1cc(C2CC(=O)Nc3ccsc32)ccc1OCc1cccc(Cl)c1. The summed E-state index contributed by atoms with van der Waals surface area (Å²) >= 11 is 7.68. The largest absolute Gasteiger partial charge is 0.493 e. The van der Waals surface area contributed by atoms with Gasteiger partial charge in [0, 0.05) is 22.2 Å². The van der Waals surface area contributed by atoms with E-state index in [0.717, 1.165) is 16.8 Å². The van der Waals surface area contributed by atoms with Gasteiger partial charge in [0.1, 0.15) is 6.61 Å². The molecule has 0 spiro atoms. The molecule has 6 heteroatoms. The van der Waals surface area contributed by atoms with Crippen molar-refractivity contribution in [2.75, 3.05) is 12.4 Å². The summed E-state index contributed by atoms with van der Waals surface area (Å²) in [5.74, 6) is 1.38. The first-order chi connectivity index (χ1) is 13.1. The van der Waals surface area contributed by atoms with Crippen LogP contribution in [-0.2, 0) is 11.4 Å². The Balaban J connectivity index is 1.58. The number of amides is 1. The van der Waals surface area contributed by atoms with Gasteiger partial charge in [0.05, 0.1) is 12.8 Å². The fraction of sp³-hybridized carbons (Fsp3) is 0.190. The third-order valence-corrected chi connectivity index (χ3v) is 5.81. The molecule has 0 radical (unpaired) electrons. The minimum absolute atomic E-state index is 0.0321. The fourth-order valence-corrected chi connectivity index (χ4v) is 4.44. The maximum atomic E-state index is 12.0. The summed E-state index contributed by atoms with van der Waals surface area (Å²) in [6.07, 6.45) is 0.430. The summed E-state index contributed by atoms with van der Waals surface area (Å²) in [7, 11) is 1.62. The highest BCUT2D eigenvalue weighted by atomic mass is 35.5. The fourth-order valence-electron chi connectivity index (χ4n) is 3.25. The number of ether oxygens (including phenoxy) is 2. The van der Waals surface area contributed by atoms with Gasteiger partial charge in [-0.05, 0) is 46.8 Å². The average molecular weight is 400 g/mol. The Labute approximate surface area is 166 Å². The van der Waals surface area contributed by atoms with Crippen LogP contribution in [-0.4, -0.2) is 13.0 Å². The number of hydrogen-bond acceptors (Lipinski definition) is 4. The lowest BCUT2D eigenvalue weighted by atomic mass is 9.90. The summed E-state index contributed by atoms with van der Waals surface area (Å²) in [6, 6.07) is 15.4. The van der Waals surface area contributed by atoms with Crippen molar-refractivity contribution in [3.63, 3.8) is 0 Å². The molecule has 0 bridgehead atoms. The zero-order valence-electron chi connectivity index (χ0n) is 14.7. The summed E-state index contributed by atoms with van der Waals surface area (Å²) in [5.41, 5.74) is 2.93. The van der Waals surface area contributed by atoms with Crippen LogP contribution in [0.2, 0.25) is 5.02 Å². The molecule has 1 aromatic heterocycles. The molecule has 3 aromatic rings. The van der Waals surface area contributed by atoms with E-state index in [2.05, 4.69) is 5.32 Å². The first kappa shape index (κ1) is 17.9. The molecule has 0 saturated heterocycles. The molecule has 27 heavy (non-hydrogen) atoms. The van der Waals surface area contributed by atoms with E-state index in [1.54, 1.807) is 18.4 Å². The zero-order valence-corrected chi connectivity index (χ0v) is 16.3. The predicted molar refractivity (Wildman–Crippen MR) is 108 cm³/mol. The minimum Gasteiger partial charge on any atom is -0.493 e. The third-order valence-electron chi connectivity index (χ3n) is 4.55. The first-order valence-electron chi connectivity index (χ1n) is 8.56. The second-order valence-electron chi connectivity index (χ2n) is 6.33. The number of benzene rings is 2. The van der Waals surface area contributed by atoms with Gasteiger partial charge in [-0.1, -0.05) is 29.8 Å². The predicted octanol–water partition coefficient (Wildman–Crippen LogP) is 5.46. The Morgan fingerprint density at radius 1 is 1.19 bits per heavy atom. The van der Waals surface area contributed by atoms with Crippen LogP contribution in [0.4, 0.5) is 5.69 Å². The second kappa shape index (κ2) is 7.62. The van der Waals surface area contributed by atoms with Crippen molar-refractivity contribution in [3.05, 3.63) is 74.9 Å². The molecule has 0 saturated carbocycles. The number of methoxy groups -OCH3 is 1. The van der Waals surface area contributed by atoms with Gasteiger partial charge in [-0.15, -0.1) is 11.3 Å². The number of halogens is 1. The lowest BCUT2D eigenvalue weighted by Crippen LogP contribution is -2.21. The van der Waals surface area contributed by atoms with Gasteiger partial charge in [-0.3, -0.25) is 4.79 Å². The molecule has 1 N–H and O–H groups in total. The van der Waals surface area contributed by atoms with Gasteiger partial charge >= 0.3 is 0 Å². The van der Waals surface area contributed by atoms with Crippen LogP contribution in [0.3, 0.4) is 0 Å². The molecule has 1 atom stereocenters. The van der Waals surface area contributed by atoms with Gasteiger partial charge in [0.2, 0.25) is 5.91 Å². The van der Waals surface area contributed by atoms with E-state index in [9.17, 15) is 4.79 Å². The van der Waals surface area contributed by atoms with E-state index in [-0.39, 0.29) is 11.8 Å². The zero-order chi connectivity index (χ0) is 18.8. The summed E-state index contributed by atoms with van der Waals surface area (Å²) in [5, 5.41) is 5.61. The lowest BCUT2D eigenvalue weighted by molar-refractivity contribution is -0.116. The van der Waals surface area contributed by atoms with Crippen LogP contribution < -0.4 is 14.8 Å². The summed E-state index contributed by atoms with van der Waals surface area (Å²) in [4.78, 5) is 13.2. The monoisotopic (exact) mass is 399 g/mol. The highest BCUT2D eigenvalue weighted by molar-refractivity contribution is 7.10. The molecule has 0 aliphatic carbocycles. The maximum absolute atomic E-state index is 12.0. The van der Waals surface area contributed by atoms with Crippen molar-refractivity contribution in [2.45, 2.75) is 18.9 Å². The Bertz CT molecular complexity index is 985. The number of rotatable bonds is 5. The molecule has 2 heterocycles. The van der Waals surface area contributed by atoms with E-state index in [0.29, 0.717) is 29.5 Å². The molecular formula is C21H18ClNO3S. The molecule has 138 valence electrons. The van der Waals surface area contributed by atoms with E-state index in [1.807, 2.05) is 53.9 Å². The van der Waals surface area contributed by atoms with Crippen LogP contribution in [0.5, 0.6) is 11.5 Å². The van der Waals surface area contributed by atoms with Crippen LogP contribution in [0, 0.1) is 0 Å². The van der Waals surface area contributed by atoms with Crippen molar-refractivity contribution < 1.29 is 14.3 Å². The highest BCUT2D eigenvalue weighted by Crippen LogP contribution is 2.42. The normalized spacial score (nSPS) is 15.8. The molecule has 4 rings (SSSR count). The summed E-state index contributed by atoms with van der Waals surface area (Å²) < 4.78 is 11.5. The lowest BCUT2D eigenvalue weighted by Gasteiger charge is -2.23. The standard InChI is InChI=1S/C21H18ClNO3S/c1-25-19-10-14(16-11-20(24)23-17-7-8-27-21(16)17)5-6-18(19)26-12-13-3-2-4-15(22)9-13/h2-10,16H,11-12H2,1H3,(H,23,24). The minimum atomic E-state index is 0.0321. The van der Waals surface area contributed by atoms with Crippen molar-refractivity contribution in [2.24, 2.45) is 0 Å². The van der Waals surface area contributed by atoms with E-state index >= 15 is 0 Å². The molecule has 2 aromatic carbocycles. The van der Waals surface area contributed by atoms with Crippen molar-refractivity contribution in [3.8, 4) is 11.5 Å². The van der Waals surface area contributed by atoms with Gasteiger partial charge in [-0.25, -0.2) is 0 Å². The van der Waals surface area contributed by atoms with Gasteiger partial charge in [-0.2, -0.15) is 0 Å². The topological polar surface area (TPSA) is 47.6 Å².